The molecule has 23 heavy (non-hydrogen) atoms. The van der Waals surface area contributed by atoms with Gasteiger partial charge >= 0.3 is 0 Å². The summed E-state index contributed by atoms with van der Waals surface area (Å²) in [6.45, 7) is 1.29. The summed E-state index contributed by atoms with van der Waals surface area (Å²) < 4.78 is 24.1. The molecule has 0 aromatic carbocycles. The lowest BCUT2D eigenvalue weighted by Crippen LogP contribution is -2.40. The molecule has 0 radical (unpaired) electrons. The summed E-state index contributed by atoms with van der Waals surface area (Å²) in [6.07, 6.45) is 3.98. The largest absolute Gasteiger partial charge is 0.391 e. The number of aliphatic hydroxyl groups is 1. The Balaban J connectivity index is 1.96. The lowest BCUT2D eigenvalue weighted by Gasteiger charge is -2.32. The van der Waals surface area contributed by atoms with E-state index in [9.17, 15) is 18.3 Å². The van der Waals surface area contributed by atoms with Crippen molar-refractivity contribution in [1.29, 1.82) is 0 Å². The fraction of sp³-hybridized carbons (Fsp3) is 0.571. The first kappa shape index (κ1) is 17.6. The SMILES string of the molecule is CS(=O)(=O)NCC(=O)NCc1cccnc1N1CCCC(O)C1. The van der Waals surface area contributed by atoms with Gasteiger partial charge in [0.2, 0.25) is 15.9 Å². The maximum Gasteiger partial charge on any atom is 0.235 e. The van der Waals surface area contributed by atoms with E-state index in [1.54, 1.807) is 12.3 Å². The molecule has 0 aliphatic carbocycles. The van der Waals surface area contributed by atoms with Crippen molar-refractivity contribution in [3.8, 4) is 0 Å². The third-order valence-corrected chi connectivity index (χ3v) is 4.20. The summed E-state index contributed by atoms with van der Waals surface area (Å²) in [5.74, 6) is 0.325. The minimum atomic E-state index is -3.39. The van der Waals surface area contributed by atoms with Crippen molar-refractivity contribution in [3.63, 3.8) is 0 Å². The van der Waals surface area contributed by atoms with E-state index >= 15 is 0 Å². The van der Waals surface area contributed by atoms with Crippen LogP contribution in [0, 0.1) is 0 Å². The van der Waals surface area contributed by atoms with E-state index < -0.39 is 15.9 Å². The number of aliphatic hydroxyl groups excluding tert-OH is 1. The summed E-state index contributed by atoms with van der Waals surface area (Å²) in [5, 5.41) is 12.5. The number of hydrogen-bond acceptors (Lipinski definition) is 6. The Labute approximate surface area is 136 Å². The number of hydrogen-bond donors (Lipinski definition) is 3. The van der Waals surface area contributed by atoms with Gasteiger partial charge < -0.3 is 15.3 Å². The standard InChI is InChI=1S/C14H22N4O4S/c1-23(21,22)17-9-13(20)16-8-11-4-2-6-15-14(11)18-7-3-5-12(19)10-18/h2,4,6,12,17,19H,3,5,7-10H2,1H3,(H,16,20). The summed E-state index contributed by atoms with van der Waals surface area (Å²) in [6, 6.07) is 3.63. The molecule has 3 N–H and O–H groups in total. The number of anilines is 1. The average molecular weight is 342 g/mol. The summed E-state index contributed by atoms with van der Waals surface area (Å²) in [4.78, 5) is 18.0. The van der Waals surface area contributed by atoms with E-state index in [2.05, 4.69) is 15.0 Å². The van der Waals surface area contributed by atoms with Crippen molar-refractivity contribution < 1.29 is 18.3 Å². The van der Waals surface area contributed by atoms with E-state index in [0.717, 1.165) is 37.0 Å². The van der Waals surface area contributed by atoms with E-state index in [4.69, 9.17) is 0 Å². The van der Waals surface area contributed by atoms with Gasteiger partial charge in [-0.2, -0.15) is 0 Å². The summed E-state index contributed by atoms with van der Waals surface area (Å²) in [5.41, 5.74) is 0.828. The van der Waals surface area contributed by atoms with Gasteiger partial charge in [-0.15, -0.1) is 0 Å². The molecule has 1 aromatic rings. The van der Waals surface area contributed by atoms with Crippen LogP contribution in [-0.4, -0.2) is 56.4 Å². The van der Waals surface area contributed by atoms with Gasteiger partial charge in [0.1, 0.15) is 5.82 Å². The van der Waals surface area contributed by atoms with Gasteiger partial charge in [0, 0.05) is 31.4 Å². The second kappa shape index (κ2) is 7.71. The number of sulfonamides is 1. The van der Waals surface area contributed by atoms with E-state index in [1.807, 2.05) is 11.0 Å². The van der Waals surface area contributed by atoms with Crippen LogP contribution in [0.25, 0.3) is 0 Å². The maximum absolute atomic E-state index is 11.7. The van der Waals surface area contributed by atoms with Crippen molar-refractivity contribution in [2.45, 2.75) is 25.5 Å². The van der Waals surface area contributed by atoms with Gasteiger partial charge in [-0.25, -0.2) is 18.1 Å². The molecule has 0 saturated carbocycles. The minimum Gasteiger partial charge on any atom is -0.391 e. The predicted molar refractivity (Wildman–Crippen MR) is 86.4 cm³/mol. The predicted octanol–water partition coefficient (Wildman–Crippen LogP) is -0.792. The van der Waals surface area contributed by atoms with Crippen molar-refractivity contribution >= 4 is 21.7 Å². The first-order chi connectivity index (χ1) is 10.8. The molecule has 1 saturated heterocycles. The van der Waals surface area contributed by atoms with Gasteiger partial charge in [0.15, 0.2) is 0 Å². The van der Waals surface area contributed by atoms with Gasteiger partial charge in [-0.1, -0.05) is 6.07 Å². The molecule has 0 bridgehead atoms. The summed E-state index contributed by atoms with van der Waals surface area (Å²) >= 11 is 0. The molecule has 1 amide bonds. The number of carbonyl (C=O) groups excluding carboxylic acids is 1. The zero-order chi connectivity index (χ0) is 16.9. The molecule has 2 heterocycles. The second-order valence-corrected chi connectivity index (χ2v) is 7.43. The van der Waals surface area contributed by atoms with E-state index in [1.165, 1.54) is 0 Å². The Morgan fingerprint density at radius 1 is 1.52 bits per heavy atom. The molecular weight excluding hydrogens is 320 g/mol. The van der Waals surface area contributed by atoms with Crippen LogP contribution in [0.3, 0.4) is 0 Å². The number of rotatable bonds is 6. The highest BCUT2D eigenvalue weighted by Crippen LogP contribution is 2.21. The van der Waals surface area contributed by atoms with E-state index in [-0.39, 0.29) is 19.2 Å². The van der Waals surface area contributed by atoms with Crippen LogP contribution in [0.2, 0.25) is 0 Å². The van der Waals surface area contributed by atoms with Crippen molar-refractivity contribution in [1.82, 2.24) is 15.0 Å². The topological polar surface area (TPSA) is 112 Å². The third-order valence-electron chi connectivity index (χ3n) is 3.53. The molecule has 1 atom stereocenters. The smallest absolute Gasteiger partial charge is 0.235 e. The van der Waals surface area contributed by atoms with Gasteiger partial charge in [-0.3, -0.25) is 4.79 Å². The molecule has 0 spiro atoms. The van der Waals surface area contributed by atoms with Gasteiger partial charge in [0.05, 0.1) is 18.9 Å². The Morgan fingerprint density at radius 2 is 2.30 bits per heavy atom. The van der Waals surface area contributed by atoms with Gasteiger partial charge in [-0.05, 0) is 18.9 Å². The second-order valence-electron chi connectivity index (χ2n) is 5.60. The highest BCUT2D eigenvalue weighted by atomic mass is 32.2. The fourth-order valence-electron chi connectivity index (χ4n) is 2.45. The van der Waals surface area contributed by atoms with Crippen molar-refractivity contribution in [2.75, 3.05) is 30.8 Å². The monoisotopic (exact) mass is 342 g/mol. The first-order valence-electron chi connectivity index (χ1n) is 7.43. The summed E-state index contributed by atoms with van der Waals surface area (Å²) in [7, 11) is -3.39. The zero-order valence-corrected chi connectivity index (χ0v) is 13.8. The van der Waals surface area contributed by atoms with E-state index in [0.29, 0.717) is 6.54 Å². The van der Waals surface area contributed by atoms with Crippen LogP contribution in [0.5, 0.6) is 0 Å². The minimum absolute atomic E-state index is 0.250. The molecule has 2 rings (SSSR count). The number of carbonyl (C=O) groups is 1. The third kappa shape index (κ3) is 5.77. The Hall–Kier alpha value is -1.71. The number of nitrogens with one attached hydrogen (secondary N) is 2. The molecule has 1 unspecified atom stereocenters. The van der Waals surface area contributed by atoms with Gasteiger partial charge in [0.25, 0.3) is 0 Å². The molecular formula is C14H22N4O4S. The molecule has 128 valence electrons. The highest BCUT2D eigenvalue weighted by Gasteiger charge is 2.21. The molecule has 1 fully saturated rings. The highest BCUT2D eigenvalue weighted by molar-refractivity contribution is 7.88. The Morgan fingerprint density at radius 3 is 3.00 bits per heavy atom. The first-order valence-corrected chi connectivity index (χ1v) is 9.32. The Kier molecular flexibility index (Phi) is 5.91. The molecule has 8 nitrogen and oxygen atoms in total. The number of aromatic nitrogens is 1. The Bertz CT molecular complexity index is 650. The van der Waals surface area contributed by atoms with Crippen LogP contribution in [0.15, 0.2) is 18.3 Å². The van der Waals surface area contributed by atoms with Crippen LogP contribution < -0.4 is 14.9 Å². The van der Waals surface area contributed by atoms with Crippen LogP contribution in [0.4, 0.5) is 5.82 Å². The average Bonchev–Trinajstić information content (AvgIpc) is 2.50. The van der Waals surface area contributed by atoms with Crippen molar-refractivity contribution in [3.05, 3.63) is 23.9 Å². The lowest BCUT2D eigenvalue weighted by molar-refractivity contribution is -0.120. The normalized spacial score (nSPS) is 18.7. The number of pyridine rings is 1. The number of amides is 1. The number of β-amino-alcohol motifs (C(OH)–C–C–N with tert-alkyl or cyclic N) is 1. The molecule has 1 aromatic heterocycles. The van der Waals surface area contributed by atoms with Crippen LogP contribution in [-0.2, 0) is 21.4 Å². The quantitative estimate of drug-likeness (QED) is 0.625. The van der Waals surface area contributed by atoms with Crippen LogP contribution in [0.1, 0.15) is 18.4 Å². The number of nitrogens with zero attached hydrogens (tertiary/aromatic N) is 2. The molecule has 1 aliphatic rings. The maximum atomic E-state index is 11.7. The van der Waals surface area contributed by atoms with Crippen LogP contribution >= 0.6 is 0 Å². The zero-order valence-electron chi connectivity index (χ0n) is 13.0. The molecule has 1 aliphatic heterocycles. The molecule has 9 heteroatoms. The number of piperidine rings is 1. The fourth-order valence-corrected chi connectivity index (χ4v) is 2.85. The van der Waals surface area contributed by atoms with Crippen molar-refractivity contribution in [2.24, 2.45) is 0 Å². The lowest BCUT2D eigenvalue weighted by atomic mass is 10.1.